The lowest BCUT2D eigenvalue weighted by atomic mass is 9.51. The molecule has 6 atom stereocenters. The summed E-state index contributed by atoms with van der Waals surface area (Å²) in [5.74, 6) is -5.78. The summed E-state index contributed by atoms with van der Waals surface area (Å²) in [7, 11) is 2.77. The quantitative estimate of drug-likeness (QED) is 0.426. The van der Waals surface area contributed by atoms with Crippen LogP contribution in [0.15, 0.2) is 42.0 Å². The number of hydrogen-bond donors (Lipinski definition) is 2. The number of halogens is 2. The molecule has 2 aromatic carbocycles. The summed E-state index contributed by atoms with van der Waals surface area (Å²) in [5.41, 5.74) is 0.109. The minimum Gasteiger partial charge on any atom is -0.502 e. The second-order valence-corrected chi connectivity index (χ2v) is 11.3. The molecule has 2 saturated heterocycles. The normalized spacial score (nSPS) is 30.9. The number of fused-ring (bicyclic) bond motifs is 4. The molecule has 3 fully saturated rings. The highest BCUT2D eigenvalue weighted by Gasteiger charge is 2.67. The first kappa shape index (κ1) is 26.3. The second kappa shape index (κ2) is 9.05. The van der Waals surface area contributed by atoms with E-state index in [2.05, 4.69) is 5.32 Å². The molecule has 0 spiro atoms. The number of benzene rings is 2. The van der Waals surface area contributed by atoms with E-state index in [-0.39, 0.29) is 40.3 Å². The van der Waals surface area contributed by atoms with Crippen LogP contribution in [-0.4, -0.2) is 43.0 Å². The van der Waals surface area contributed by atoms with Gasteiger partial charge in [-0.1, -0.05) is 23.3 Å². The number of allylic oxidation sites excluding steroid dienone is 2. The van der Waals surface area contributed by atoms with Crippen molar-refractivity contribution in [1.82, 2.24) is 5.32 Å². The molecule has 0 radical (unpaired) electrons. The summed E-state index contributed by atoms with van der Waals surface area (Å²) in [6.45, 7) is 1.71. The summed E-state index contributed by atoms with van der Waals surface area (Å²) in [6, 6.07) is 6.84. The molecule has 2 N–H and O–H groups in total. The Morgan fingerprint density at radius 1 is 1.05 bits per heavy atom. The van der Waals surface area contributed by atoms with Crippen LogP contribution in [0.25, 0.3) is 0 Å². The zero-order valence-corrected chi connectivity index (χ0v) is 22.6. The number of carbonyl (C=O) groups excluding carboxylic acids is 4. The number of rotatable bonds is 4. The zero-order chi connectivity index (χ0) is 28.7. The number of phenols is 1. The molecule has 2 heterocycles. The molecule has 4 amide bonds. The van der Waals surface area contributed by atoms with Gasteiger partial charge in [-0.3, -0.25) is 24.5 Å². The van der Waals surface area contributed by atoms with E-state index in [0.29, 0.717) is 12.0 Å². The number of methoxy groups -OCH3 is 2. The van der Waals surface area contributed by atoms with Gasteiger partial charge >= 0.3 is 0 Å². The Morgan fingerprint density at radius 2 is 1.73 bits per heavy atom. The predicted octanol–water partition coefficient (Wildman–Crippen LogP) is 3.72. The van der Waals surface area contributed by atoms with Crippen LogP contribution in [0.2, 0.25) is 5.02 Å². The van der Waals surface area contributed by atoms with Crippen LogP contribution in [0.1, 0.15) is 31.2 Å². The fraction of sp³-hybridized carbons (Fsp3) is 0.379. The molecule has 4 aliphatic rings. The number of aromatic hydroxyl groups is 1. The molecule has 2 aromatic rings. The fourth-order valence-electron chi connectivity index (χ4n) is 7.26. The molecule has 0 aromatic heterocycles. The Bertz CT molecular complexity index is 1520. The molecular formula is C29H26ClFN2O7. The lowest BCUT2D eigenvalue weighted by Crippen LogP contribution is -2.48. The van der Waals surface area contributed by atoms with Gasteiger partial charge in [0.05, 0.1) is 48.1 Å². The van der Waals surface area contributed by atoms with E-state index >= 15 is 0 Å². The van der Waals surface area contributed by atoms with Crippen molar-refractivity contribution in [2.75, 3.05) is 19.1 Å². The molecule has 0 bridgehead atoms. The molecule has 9 nitrogen and oxygen atoms in total. The molecule has 0 unspecified atom stereocenters. The third kappa shape index (κ3) is 3.44. The number of anilines is 1. The van der Waals surface area contributed by atoms with Gasteiger partial charge in [-0.25, -0.2) is 9.29 Å². The van der Waals surface area contributed by atoms with Crippen LogP contribution in [0.5, 0.6) is 17.2 Å². The fourth-order valence-corrected chi connectivity index (χ4v) is 7.43. The van der Waals surface area contributed by atoms with Gasteiger partial charge in [-0.2, -0.15) is 0 Å². The number of nitrogens with zero attached hydrogens (tertiary/aromatic N) is 1. The molecule has 2 aliphatic carbocycles. The third-order valence-corrected chi connectivity index (χ3v) is 9.40. The summed E-state index contributed by atoms with van der Waals surface area (Å²) in [5, 5.41) is 12.8. The van der Waals surface area contributed by atoms with Crippen molar-refractivity contribution in [3.8, 4) is 17.2 Å². The van der Waals surface area contributed by atoms with E-state index in [4.69, 9.17) is 21.1 Å². The summed E-state index contributed by atoms with van der Waals surface area (Å²) in [6.07, 6.45) is 2.37. The van der Waals surface area contributed by atoms with Gasteiger partial charge in [0.2, 0.25) is 29.4 Å². The van der Waals surface area contributed by atoms with Crippen molar-refractivity contribution in [1.29, 1.82) is 0 Å². The second-order valence-electron chi connectivity index (χ2n) is 10.9. The van der Waals surface area contributed by atoms with Crippen molar-refractivity contribution in [2.45, 2.75) is 25.7 Å². The Morgan fingerprint density at radius 3 is 2.35 bits per heavy atom. The van der Waals surface area contributed by atoms with Crippen LogP contribution < -0.4 is 19.7 Å². The summed E-state index contributed by atoms with van der Waals surface area (Å²) >= 11 is 6.01. The summed E-state index contributed by atoms with van der Waals surface area (Å²) in [4.78, 5) is 55.0. The van der Waals surface area contributed by atoms with E-state index in [1.807, 2.05) is 6.08 Å². The van der Waals surface area contributed by atoms with Crippen molar-refractivity contribution in [3.63, 3.8) is 0 Å². The Kier molecular flexibility index (Phi) is 5.96. The highest BCUT2D eigenvalue weighted by molar-refractivity contribution is 6.31. The first-order valence-electron chi connectivity index (χ1n) is 12.9. The highest BCUT2D eigenvalue weighted by Crippen LogP contribution is 2.64. The smallest absolute Gasteiger partial charge is 0.241 e. The molecule has 208 valence electrons. The maximum atomic E-state index is 14.3. The number of carbonyl (C=O) groups is 4. The van der Waals surface area contributed by atoms with E-state index in [1.165, 1.54) is 26.4 Å². The van der Waals surface area contributed by atoms with Crippen molar-refractivity contribution >= 4 is 40.9 Å². The molecule has 2 aliphatic heterocycles. The Balaban J connectivity index is 1.57. The number of hydrogen-bond acceptors (Lipinski definition) is 7. The average Bonchev–Trinajstić information content (AvgIpc) is 3.33. The minimum atomic E-state index is -1.33. The van der Waals surface area contributed by atoms with Crippen LogP contribution >= 0.6 is 11.6 Å². The first-order chi connectivity index (χ1) is 19.0. The van der Waals surface area contributed by atoms with Crippen LogP contribution in [0, 0.1) is 34.9 Å². The lowest BCUT2D eigenvalue weighted by molar-refractivity contribution is -0.131. The SMILES string of the molecule is COc1cc([C@H]2C3=CC[C@@H]4C(=O)NC(=O)[C@@H]4[C@@H]3C[C@H]3C(=O)N(c4ccc(F)c(Cl)c4)C(=O)[C@@]23C)cc(OC)c1O. The predicted molar refractivity (Wildman–Crippen MR) is 140 cm³/mol. The Labute approximate surface area is 233 Å². The maximum absolute atomic E-state index is 14.3. The van der Waals surface area contributed by atoms with Gasteiger partial charge in [-0.15, -0.1) is 0 Å². The lowest BCUT2D eigenvalue weighted by Gasteiger charge is -2.49. The van der Waals surface area contributed by atoms with Crippen LogP contribution in [0.3, 0.4) is 0 Å². The standard InChI is InChI=1S/C29H26ClFN2O7/c1-29-17(27(37)33(28(29)38)13-4-7-19(31)18(30)10-13)11-16-14(5-6-15-22(16)26(36)32-25(15)35)23(29)12-8-20(39-2)24(34)21(9-12)40-3/h4-5,7-10,15-17,22-23,34H,6,11H2,1-3H3,(H,32,35,36)/t15-,16+,17-,22-,23-,29+/m0/s1. The average molecular weight is 569 g/mol. The number of amides is 4. The Hall–Kier alpha value is -3.92. The van der Waals surface area contributed by atoms with Crippen LogP contribution in [0.4, 0.5) is 10.1 Å². The van der Waals surface area contributed by atoms with Crippen molar-refractivity contribution in [2.24, 2.45) is 29.1 Å². The van der Waals surface area contributed by atoms with Gasteiger partial charge in [0, 0.05) is 5.92 Å². The molecule has 6 rings (SSSR count). The first-order valence-corrected chi connectivity index (χ1v) is 13.2. The monoisotopic (exact) mass is 568 g/mol. The van der Waals surface area contributed by atoms with Gasteiger partial charge in [0.15, 0.2) is 11.5 Å². The molecule has 40 heavy (non-hydrogen) atoms. The third-order valence-electron chi connectivity index (χ3n) is 9.11. The highest BCUT2D eigenvalue weighted by atomic mass is 35.5. The van der Waals surface area contributed by atoms with Gasteiger partial charge in [-0.05, 0) is 61.6 Å². The van der Waals surface area contributed by atoms with Gasteiger partial charge in [0.1, 0.15) is 5.82 Å². The largest absolute Gasteiger partial charge is 0.502 e. The van der Waals surface area contributed by atoms with E-state index in [0.717, 1.165) is 16.5 Å². The number of phenolic OH excluding ortho intramolecular Hbond substituents is 1. The summed E-state index contributed by atoms with van der Waals surface area (Å²) < 4.78 is 24.8. The van der Waals surface area contributed by atoms with E-state index in [9.17, 15) is 28.7 Å². The molecule has 11 heteroatoms. The number of imide groups is 2. The zero-order valence-electron chi connectivity index (χ0n) is 21.9. The number of nitrogens with one attached hydrogen (secondary N) is 1. The van der Waals surface area contributed by atoms with Crippen LogP contribution in [-0.2, 0) is 19.2 Å². The molecule has 1 saturated carbocycles. The van der Waals surface area contributed by atoms with Crippen molar-refractivity contribution in [3.05, 3.63) is 58.4 Å². The van der Waals surface area contributed by atoms with Gasteiger partial charge < -0.3 is 14.6 Å². The van der Waals surface area contributed by atoms with Gasteiger partial charge in [0.25, 0.3) is 0 Å². The van der Waals surface area contributed by atoms with Crippen molar-refractivity contribution < 1.29 is 38.1 Å². The topological polar surface area (TPSA) is 122 Å². The number of ether oxygens (including phenoxy) is 2. The van der Waals surface area contributed by atoms with E-state index in [1.54, 1.807) is 19.1 Å². The molecular weight excluding hydrogens is 543 g/mol. The maximum Gasteiger partial charge on any atom is 0.241 e. The van der Waals surface area contributed by atoms with E-state index < -0.39 is 58.5 Å². The minimum absolute atomic E-state index is 0.110.